The van der Waals surface area contributed by atoms with Crippen molar-refractivity contribution in [3.63, 3.8) is 0 Å². The molecule has 0 saturated heterocycles. The molecule has 3 aromatic heterocycles. The summed E-state index contributed by atoms with van der Waals surface area (Å²) in [7, 11) is 0. The minimum Gasteiger partial charge on any atom is -0.491 e. The Morgan fingerprint density at radius 1 is 1.00 bits per heavy atom. The maximum atomic E-state index is 9.82. The van der Waals surface area contributed by atoms with E-state index in [2.05, 4.69) is 24.0 Å². The molecule has 28 heavy (non-hydrogen) atoms. The lowest BCUT2D eigenvalue weighted by atomic mass is 9.84. The number of rotatable bonds is 7. The summed E-state index contributed by atoms with van der Waals surface area (Å²) in [6, 6.07) is 15.7. The highest BCUT2D eigenvalue weighted by atomic mass is 16.5. The minimum absolute atomic E-state index is 0.106. The van der Waals surface area contributed by atoms with Crippen molar-refractivity contribution in [1.29, 1.82) is 0 Å². The predicted octanol–water partition coefficient (Wildman–Crippen LogP) is 4.12. The van der Waals surface area contributed by atoms with E-state index in [0.29, 0.717) is 18.2 Å². The first-order chi connectivity index (χ1) is 13.7. The number of para-hydroxylation sites is 1. The van der Waals surface area contributed by atoms with Gasteiger partial charge in [-0.05, 0) is 37.1 Å². The normalized spacial score (nSPS) is 12.0. The molecular weight excluding hydrogens is 352 g/mol. The molecule has 0 aliphatic rings. The highest BCUT2D eigenvalue weighted by molar-refractivity contribution is 5.86. The van der Waals surface area contributed by atoms with Crippen molar-refractivity contribution >= 4 is 16.6 Å². The number of hydrogen-bond acceptors (Lipinski definition) is 5. The van der Waals surface area contributed by atoms with Crippen molar-refractivity contribution in [2.24, 2.45) is 5.41 Å². The smallest absolute Gasteiger partial charge is 0.187 e. The Balaban J connectivity index is 1.74. The number of ether oxygens (including phenoxy) is 1. The number of benzene rings is 1. The van der Waals surface area contributed by atoms with Gasteiger partial charge in [0.2, 0.25) is 0 Å². The van der Waals surface area contributed by atoms with Crippen LogP contribution in [0.4, 0.5) is 0 Å². The maximum absolute atomic E-state index is 9.82. The van der Waals surface area contributed by atoms with Gasteiger partial charge in [-0.15, -0.1) is 10.2 Å². The molecule has 0 aliphatic heterocycles. The number of fused-ring (bicyclic) bond motifs is 2. The van der Waals surface area contributed by atoms with Gasteiger partial charge >= 0.3 is 0 Å². The molecule has 0 amide bonds. The third-order valence-corrected chi connectivity index (χ3v) is 5.60. The van der Waals surface area contributed by atoms with Gasteiger partial charge in [0, 0.05) is 17.0 Å². The molecule has 4 aromatic rings. The van der Waals surface area contributed by atoms with Crippen molar-refractivity contribution < 1.29 is 9.84 Å². The first-order valence-electron chi connectivity index (χ1n) is 9.63. The van der Waals surface area contributed by atoms with Gasteiger partial charge in [-0.25, -0.2) is 4.98 Å². The van der Waals surface area contributed by atoms with E-state index in [9.17, 15) is 5.11 Å². The zero-order valence-corrected chi connectivity index (χ0v) is 16.2. The van der Waals surface area contributed by atoms with Gasteiger partial charge in [0.1, 0.15) is 17.0 Å². The predicted molar refractivity (Wildman–Crippen MR) is 109 cm³/mol. The van der Waals surface area contributed by atoms with Gasteiger partial charge in [-0.3, -0.25) is 4.40 Å². The first kappa shape index (κ1) is 18.4. The van der Waals surface area contributed by atoms with Crippen LogP contribution in [0.15, 0.2) is 54.7 Å². The Morgan fingerprint density at radius 3 is 2.64 bits per heavy atom. The first-order valence-corrected chi connectivity index (χ1v) is 9.63. The monoisotopic (exact) mass is 376 g/mol. The zero-order chi connectivity index (χ0) is 19.6. The number of aliphatic hydroxyl groups is 1. The molecular formula is C22H24N4O2. The van der Waals surface area contributed by atoms with Crippen molar-refractivity contribution in [1.82, 2.24) is 19.6 Å². The molecule has 144 valence electrons. The molecule has 0 aliphatic carbocycles. The maximum Gasteiger partial charge on any atom is 0.187 e. The molecule has 0 atom stereocenters. The number of aliphatic hydroxyl groups excluding tert-OH is 1. The van der Waals surface area contributed by atoms with Crippen molar-refractivity contribution in [3.05, 3.63) is 54.7 Å². The second-order valence-electron chi connectivity index (χ2n) is 7.13. The topological polar surface area (TPSA) is 72.5 Å². The zero-order valence-electron chi connectivity index (χ0n) is 16.2. The summed E-state index contributed by atoms with van der Waals surface area (Å²) in [6.07, 6.45) is 3.64. The van der Waals surface area contributed by atoms with Gasteiger partial charge < -0.3 is 9.84 Å². The van der Waals surface area contributed by atoms with Gasteiger partial charge in [0.25, 0.3) is 0 Å². The fourth-order valence-electron chi connectivity index (χ4n) is 3.33. The van der Waals surface area contributed by atoms with Crippen LogP contribution in [0, 0.1) is 5.41 Å². The SMILES string of the molecule is CCC(CC)(CO)COc1cccc2ccc(-c3nnc4ccccn34)nc12. The van der Waals surface area contributed by atoms with Crippen LogP contribution in [0.5, 0.6) is 5.75 Å². The van der Waals surface area contributed by atoms with Crippen LogP contribution in [0.3, 0.4) is 0 Å². The number of pyridine rings is 2. The summed E-state index contributed by atoms with van der Waals surface area (Å²) >= 11 is 0. The van der Waals surface area contributed by atoms with Crippen LogP contribution >= 0.6 is 0 Å². The quantitative estimate of drug-likeness (QED) is 0.525. The van der Waals surface area contributed by atoms with E-state index in [0.717, 1.165) is 35.1 Å². The van der Waals surface area contributed by atoms with Crippen LogP contribution in [-0.4, -0.2) is 37.9 Å². The van der Waals surface area contributed by atoms with Crippen LogP contribution in [0.25, 0.3) is 28.1 Å². The molecule has 0 fully saturated rings. The lowest BCUT2D eigenvalue weighted by Gasteiger charge is -2.29. The van der Waals surface area contributed by atoms with Crippen molar-refractivity contribution in [2.45, 2.75) is 26.7 Å². The van der Waals surface area contributed by atoms with Gasteiger partial charge in [-0.1, -0.05) is 38.1 Å². The third kappa shape index (κ3) is 3.20. The molecule has 0 spiro atoms. The molecule has 0 saturated carbocycles. The molecule has 0 unspecified atom stereocenters. The molecule has 0 bridgehead atoms. The summed E-state index contributed by atoms with van der Waals surface area (Å²) in [4.78, 5) is 4.84. The van der Waals surface area contributed by atoms with E-state index < -0.39 is 0 Å². The van der Waals surface area contributed by atoms with Gasteiger partial charge in [0.05, 0.1) is 13.2 Å². The summed E-state index contributed by atoms with van der Waals surface area (Å²) in [5, 5.41) is 19.3. The van der Waals surface area contributed by atoms with Crippen LogP contribution in [0.2, 0.25) is 0 Å². The Bertz CT molecular complexity index is 1090. The Hall–Kier alpha value is -2.99. The Morgan fingerprint density at radius 2 is 1.86 bits per heavy atom. The third-order valence-electron chi connectivity index (χ3n) is 5.60. The molecule has 3 heterocycles. The average molecular weight is 376 g/mol. The van der Waals surface area contributed by atoms with Crippen molar-refractivity contribution in [3.8, 4) is 17.3 Å². The molecule has 1 aromatic carbocycles. The second kappa shape index (κ2) is 7.56. The fraction of sp³-hybridized carbons (Fsp3) is 0.318. The number of nitrogens with zero attached hydrogens (tertiary/aromatic N) is 4. The Kier molecular flexibility index (Phi) is 4.96. The highest BCUT2D eigenvalue weighted by Gasteiger charge is 2.26. The second-order valence-corrected chi connectivity index (χ2v) is 7.13. The largest absolute Gasteiger partial charge is 0.491 e. The van der Waals surface area contributed by atoms with Gasteiger partial charge in [0.15, 0.2) is 11.5 Å². The lowest BCUT2D eigenvalue weighted by Crippen LogP contribution is -2.31. The van der Waals surface area contributed by atoms with Gasteiger partial charge in [-0.2, -0.15) is 0 Å². The average Bonchev–Trinajstić information content (AvgIpc) is 3.19. The van der Waals surface area contributed by atoms with E-state index >= 15 is 0 Å². The molecule has 0 radical (unpaired) electrons. The summed E-state index contributed by atoms with van der Waals surface area (Å²) in [5.41, 5.74) is 2.07. The van der Waals surface area contributed by atoms with Crippen LogP contribution in [0.1, 0.15) is 26.7 Å². The van der Waals surface area contributed by atoms with Crippen LogP contribution in [-0.2, 0) is 0 Å². The number of aromatic nitrogens is 4. The fourth-order valence-corrected chi connectivity index (χ4v) is 3.33. The highest BCUT2D eigenvalue weighted by Crippen LogP contribution is 2.31. The standard InChI is InChI=1S/C22H24N4O2/c1-3-22(4-2,14-27)15-28-18-9-7-8-16-11-12-17(23-20(16)18)21-25-24-19-10-5-6-13-26(19)21/h5-13,27H,3-4,14-15H2,1-2H3. The van der Waals surface area contributed by atoms with E-state index in [1.54, 1.807) is 0 Å². The summed E-state index contributed by atoms with van der Waals surface area (Å²) in [6.45, 7) is 4.72. The van der Waals surface area contributed by atoms with Crippen molar-refractivity contribution in [2.75, 3.05) is 13.2 Å². The lowest BCUT2D eigenvalue weighted by molar-refractivity contribution is 0.0594. The molecule has 1 N–H and O–H groups in total. The summed E-state index contributed by atoms with van der Waals surface area (Å²) < 4.78 is 8.07. The van der Waals surface area contributed by atoms with E-state index in [-0.39, 0.29) is 12.0 Å². The van der Waals surface area contributed by atoms with E-state index in [1.165, 1.54) is 0 Å². The summed E-state index contributed by atoms with van der Waals surface area (Å²) in [5.74, 6) is 1.41. The van der Waals surface area contributed by atoms with Crippen LogP contribution < -0.4 is 4.74 Å². The molecule has 6 heteroatoms. The molecule has 6 nitrogen and oxygen atoms in total. The number of hydrogen-bond donors (Lipinski definition) is 1. The van der Waals surface area contributed by atoms with E-state index in [4.69, 9.17) is 9.72 Å². The van der Waals surface area contributed by atoms with E-state index in [1.807, 2.05) is 59.1 Å². The Labute approximate surface area is 163 Å². The molecule has 4 rings (SSSR count). The minimum atomic E-state index is -0.233.